The van der Waals surface area contributed by atoms with Gasteiger partial charge in [-0.25, -0.2) is 9.67 Å². The number of amides is 2. The molecule has 3 aromatic rings. The third-order valence-electron chi connectivity index (χ3n) is 6.00. The molecule has 3 heterocycles. The van der Waals surface area contributed by atoms with Gasteiger partial charge in [-0.05, 0) is 43.2 Å². The Labute approximate surface area is 194 Å². The zero-order valence-electron chi connectivity index (χ0n) is 18.8. The van der Waals surface area contributed by atoms with Crippen LogP contribution >= 0.6 is 0 Å². The SMILES string of the molecule is CCc1ccc(C(=O)N2CCN(C(=O)c3cnn(-c4ccc(C(F)(F)F)cn4)c3C)CC2)cc1. The van der Waals surface area contributed by atoms with Crippen molar-refractivity contribution in [3.63, 3.8) is 0 Å². The number of rotatable bonds is 4. The van der Waals surface area contributed by atoms with Crippen molar-refractivity contribution >= 4 is 11.8 Å². The van der Waals surface area contributed by atoms with Gasteiger partial charge in [0.15, 0.2) is 5.82 Å². The van der Waals surface area contributed by atoms with Gasteiger partial charge in [-0.3, -0.25) is 9.59 Å². The number of benzene rings is 1. The Hall–Kier alpha value is -3.69. The van der Waals surface area contributed by atoms with Crippen LogP contribution < -0.4 is 0 Å². The molecule has 2 aromatic heterocycles. The molecule has 10 heteroatoms. The van der Waals surface area contributed by atoms with Crippen molar-refractivity contribution in [3.8, 4) is 5.82 Å². The molecule has 0 aliphatic carbocycles. The number of hydrogen-bond donors (Lipinski definition) is 0. The number of aromatic nitrogens is 3. The average molecular weight is 471 g/mol. The predicted octanol–water partition coefficient (Wildman–Crippen LogP) is 3.76. The first-order valence-electron chi connectivity index (χ1n) is 10.9. The summed E-state index contributed by atoms with van der Waals surface area (Å²) in [5, 5.41) is 4.15. The Bertz CT molecular complexity index is 1180. The lowest BCUT2D eigenvalue weighted by atomic mass is 10.1. The second-order valence-corrected chi connectivity index (χ2v) is 8.09. The van der Waals surface area contributed by atoms with Gasteiger partial charge in [0.2, 0.25) is 0 Å². The fourth-order valence-corrected chi connectivity index (χ4v) is 3.88. The van der Waals surface area contributed by atoms with Gasteiger partial charge >= 0.3 is 6.18 Å². The van der Waals surface area contributed by atoms with Crippen LogP contribution in [0.1, 0.15) is 44.5 Å². The molecule has 1 fully saturated rings. The molecule has 1 aromatic carbocycles. The molecule has 4 rings (SSSR count). The van der Waals surface area contributed by atoms with Crippen molar-refractivity contribution in [2.24, 2.45) is 0 Å². The molecular weight excluding hydrogens is 447 g/mol. The number of alkyl halides is 3. The molecule has 0 unspecified atom stereocenters. The Morgan fingerprint density at radius 3 is 2.06 bits per heavy atom. The number of hydrogen-bond acceptors (Lipinski definition) is 4. The third-order valence-corrected chi connectivity index (χ3v) is 6.00. The molecule has 1 saturated heterocycles. The zero-order valence-corrected chi connectivity index (χ0v) is 18.8. The quantitative estimate of drug-likeness (QED) is 0.581. The zero-order chi connectivity index (χ0) is 24.5. The van der Waals surface area contributed by atoms with Gasteiger partial charge in [-0.2, -0.15) is 18.3 Å². The van der Waals surface area contributed by atoms with E-state index < -0.39 is 11.7 Å². The third kappa shape index (κ3) is 4.66. The van der Waals surface area contributed by atoms with Gasteiger partial charge in [-0.1, -0.05) is 19.1 Å². The Balaban J connectivity index is 1.41. The molecule has 34 heavy (non-hydrogen) atoms. The van der Waals surface area contributed by atoms with E-state index in [-0.39, 0.29) is 17.6 Å². The molecule has 2 amide bonds. The highest BCUT2D eigenvalue weighted by molar-refractivity contribution is 5.96. The van der Waals surface area contributed by atoms with E-state index in [0.717, 1.165) is 24.2 Å². The van der Waals surface area contributed by atoms with E-state index in [1.807, 2.05) is 24.3 Å². The van der Waals surface area contributed by atoms with Gasteiger partial charge < -0.3 is 9.80 Å². The van der Waals surface area contributed by atoms with Gasteiger partial charge in [0.1, 0.15) is 0 Å². The lowest BCUT2D eigenvalue weighted by Crippen LogP contribution is -2.50. The monoisotopic (exact) mass is 471 g/mol. The summed E-state index contributed by atoms with van der Waals surface area (Å²) in [6.07, 6.45) is -1.44. The summed E-state index contributed by atoms with van der Waals surface area (Å²) in [4.78, 5) is 33.1. The normalized spacial score (nSPS) is 14.4. The van der Waals surface area contributed by atoms with Gasteiger partial charge in [0.25, 0.3) is 11.8 Å². The number of nitrogens with zero attached hydrogens (tertiary/aromatic N) is 5. The van der Waals surface area contributed by atoms with Gasteiger partial charge in [0.05, 0.1) is 23.0 Å². The number of halogens is 3. The molecule has 0 N–H and O–H groups in total. The highest BCUT2D eigenvalue weighted by Crippen LogP contribution is 2.29. The van der Waals surface area contributed by atoms with Crippen LogP contribution in [-0.4, -0.2) is 62.6 Å². The van der Waals surface area contributed by atoms with Crippen LogP contribution in [0.4, 0.5) is 13.2 Å². The largest absolute Gasteiger partial charge is 0.417 e. The summed E-state index contributed by atoms with van der Waals surface area (Å²) in [5.41, 5.74) is 1.75. The summed E-state index contributed by atoms with van der Waals surface area (Å²) in [6, 6.07) is 9.68. The van der Waals surface area contributed by atoms with Crippen LogP contribution in [0.5, 0.6) is 0 Å². The number of pyridine rings is 1. The summed E-state index contributed by atoms with van der Waals surface area (Å²) in [7, 11) is 0. The second kappa shape index (κ2) is 9.28. The van der Waals surface area contributed by atoms with Crippen molar-refractivity contribution in [3.05, 3.63) is 76.7 Å². The van der Waals surface area contributed by atoms with Crippen LogP contribution in [0.25, 0.3) is 5.82 Å². The Kier molecular flexibility index (Phi) is 6.41. The van der Waals surface area contributed by atoms with E-state index in [0.29, 0.717) is 43.0 Å². The van der Waals surface area contributed by atoms with E-state index in [1.54, 1.807) is 16.7 Å². The van der Waals surface area contributed by atoms with Gasteiger partial charge in [-0.15, -0.1) is 0 Å². The maximum Gasteiger partial charge on any atom is 0.417 e. The highest BCUT2D eigenvalue weighted by Gasteiger charge is 2.31. The van der Waals surface area contributed by atoms with Crippen molar-refractivity contribution in [2.75, 3.05) is 26.2 Å². The van der Waals surface area contributed by atoms with E-state index >= 15 is 0 Å². The van der Waals surface area contributed by atoms with E-state index in [9.17, 15) is 22.8 Å². The molecule has 0 spiro atoms. The highest BCUT2D eigenvalue weighted by atomic mass is 19.4. The fraction of sp³-hybridized carbons (Fsp3) is 0.333. The fourth-order valence-electron chi connectivity index (χ4n) is 3.88. The number of aryl methyl sites for hydroxylation is 1. The lowest BCUT2D eigenvalue weighted by Gasteiger charge is -2.34. The molecule has 7 nitrogen and oxygen atoms in total. The standard InChI is InChI=1S/C24H24F3N5O2/c1-3-17-4-6-18(7-5-17)22(33)30-10-12-31(13-11-30)23(34)20-15-29-32(16(20)2)21-9-8-19(14-28-21)24(25,26)27/h4-9,14-15H,3,10-13H2,1-2H3. The van der Waals surface area contributed by atoms with E-state index in [2.05, 4.69) is 17.0 Å². The topological polar surface area (TPSA) is 71.3 Å². The number of carbonyl (C=O) groups excluding carboxylic acids is 2. The van der Waals surface area contributed by atoms with Crippen molar-refractivity contribution in [1.82, 2.24) is 24.6 Å². The smallest absolute Gasteiger partial charge is 0.335 e. The summed E-state index contributed by atoms with van der Waals surface area (Å²) < 4.78 is 39.7. The maximum atomic E-state index is 13.1. The van der Waals surface area contributed by atoms with Crippen LogP contribution in [0.15, 0.2) is 48.8 Å². The van der Waals surface area contributed by atoms with Crippen LogP contribution in [0.2, 0.25) is 0 Å². The first-order valence-corrected chi connectivity index (χ1v) is 10.9. The molecule has 0 radical (unpaired) electrons. The minimum atomic E-state index is -4.48. The number of piperazine rings is 1. The number of carbonyl (C=O) groups is 2. The van der Waals surface area contributed by atoms with Gasteiger partial charge in [0, 0.05) is 37.9 Å². The molecule has 0 saturated carbocycles. The van der Waals surface area contributed by atoms with Crippen molar-refractivity contribution in [1.29, 1.82) is 0 Å². The van der Waals surface area contributed by atoms with Crippen LogP contribution in [-0.2, 0) is 12.6 Å². The van der Waals surface area contributed by atoms with Crippen molar-refractivity contribution < 1.29 is 22.8 Å². The second-order valence-electron chi connectivity index (χ2n) is 8.09. The first kappa shape index (κ1) is 23.5. The summed E-state index contributed by atoms with van der Waals surface area (Å²) in [6.45, 7) is 5.29. The van der Waals surface area contributed by atoms with Crippen LogP contribution in [0, 0.1) is 6.92 Å². The minimum Gasteiger partial charge on any atom is -0.335 e. The van der Waals surface area contributed by atoms with Crippen LogP contribution in [0.3, 0.4) is 0 Å². The molecular formula is C24H24F3N5O2. The van der Waals surface area contributed by atoms with E-state index in [4.69, 9.17) is 0 Å². The maximum absolute atomic E-state index is 13.1. The summed E-state index contributed by atoms with van der Waals surface area (Å²) in [5.74, 6) is -0.115. The molecule has 178 valence electrons. The molecule has 0 atom stereocenters. The minimum absolute atomic E-state index is 0.0628. The molecule has 0 bridgehead atoms. The molecule has 1 aliphatic rings. The Morgan fingerprint density at radius 2 is 1.53 bits per heavy atom. The lowest BCUT2D eigenvalue weighted by molar-refractivity contribution is -0.137. The first-order chi connectivity index (χ1) is 16.2. The average Bonchev–Trinajstić information content (AvgIpc) is 3.24. The molecule has 1 aliphatic heterocycles. The predicted molar refractivity (Wildman–Crippen MR) is 119 cm³/mol. The van der Waals surface area contributed by atoms with Crippen molar-refractivity contribution in [2.45, 2.75) is 26.4 Å². The summed E-state index contributed by atoms with van der Waals surface area (Å²) >= 11 is 0. The van der Waals surface area contributed by atoms with E-state index in [1.165, 1.54) is 16.9 Å². The Morgan fingerprint density at radius 1 is 0.912 bits per heavy atom.